The molecule has 14 heteroatoms. The van der Waals surface area contributed by atoms with Crippen molar-refractivity contribution < 1.29 is 34.5 Å². The van der Waals surface area contributed by atoms with E-state index in [4.69, 9.17) is 10.8 Å². The second-order valence-corrected chi connectivity index (χ2v) is 8.33. The molecule has 5 atom stereocenters. The van der Waals surface area contributed by atoms with Gasteiger partial charge in [0.2, 0.25) is 6.41 Å². The zero-order valence-corrected chi connectivity index (χ0v) is 19.0. The summed E-state index contributed by atoms with van der Waals surface area (Å²) >= 11 is 0. The van der Waals surface area contributed by atoms with E-state index in [2.05, 4.69) is 20.9 Å². The molecule has 1 fully saturated rings. The largest absolute Gasteiger partial charge is 0.481 e. The Balaban J connectivity index is 1.61. The number of carbonyl (C=O) groups excluding carboxylic acids is 2. The van der Waals surface area contributed by atoms with Crippen molar-refractivity contribution in [1.29, 1.82) is 0 Å². The van der Waals surface area contributed by atoms with Crippen molar-refractivity contribution in [3.8, 4) is 0 Å². The van der Waals surface area contributed by atoms with Crippen LogP contribution in [0.3, 0.4) is 0 Å². The third-order valence-electron chi connectivity index (χ3n) is 5.84. The van der Waals surface area contributed by atoms with Gasteiger partial charge in [-0.1, -0.05) is 12.1 Å². The maximum absolute atomic E-state index is 12.5. The number of aliphatic hydroxyl groups is 1. The van der Waals surface area contributed by atoms with Crippen LogP contribution in [0.2, 0.25) is 0 Å². The highest BCUT2D eigenvalue weighted by Crippen LogP contribution is 2.21. The Kier molecular flexibility index (Phi) is 8.22. The second kappa shape index (κ2) is 11.1. The van der Waals surface area contributed by atoms with E-state index in [-0.39, 0.29) is 18.9 Å². The van der Waals surface area contributed by atoms with Crippen molar-refractivity contribution >= 4 is 35.8 Å². The van der Waals surface area contributed by atoms with Gasteiger partial charge in [-0.25, -0.2) is 4.99 Å². The Morgan fingerprint density at radius 2 is 2.00 bits per heavy atom. The van der Waals surface area contributed by atoms with Gasteiger partial charge in [-0.2, -0.15) is 0 Å². The number of carboxylic acid groups (broad SMARTS) is 2. The smallest absolute Gasteiger partial charge is 0.320 e. The van der Waals surface area contributed by atoms with Crippen molar-refractivity contribution in [3.63, 3.8) is 0 Å². The van der Waals surface area contributed by atoms with Crippen LogP contribution in [-0.4, -0.2) is 99.8 Å². The quantitative estimate of drug-likeness (QED) is 0.132. The first kappa shape index (κ1) is 25.9. The number of aliphatic carboxylic acids is 2. The third-order valence-corrected chi connectivity index (χ3v) is 5.84. The highest BCUT2D eigenvalue weighted by Gasteiger charge is 2.44. The monoisotopic (exact) mass is 491 g/mol. The number of amides is 2. The Bertz CT molecular complexity index is 987. The topological polar surface area (TPSA) is 210 Å². The normalized spacial score (nSPS) is 23.5. The summed E-state index contributed by atoms with van der Waals surface area (Å²) in [7, 11) is 1.77. The molecule has 35 heavy (non-hydrogen) atoms. The van der Waals surface area contributed by atoms with Crippen LogP contribution in [0.25, 0.3) is 0 Å². The van der Waals surface area contributed by atoms with Crippen molar-refractivity contribution in [3.05, 3.63) is 29.8 Å². The molecular weight excluding hydrogens is 462 g/mol. The molecule has 0 aromatic heterocycles. The molecule has 0 aliphatic carbocycles. The maximum Gasteiger partial charge on any atom is 0.320 e. The average molecular weight is 492 g/mol. The molecule has 2 heterocycles. The number of amidine groups is 1. The van der Waals surface area contributed by atoms with Crippen LogP contribution in [0.1, 0.15) is 24.6 Å². The van der Waals surface area contributed by atoms with Gasteiger partial charge in [-0.15, -0.1) is 0 Å². The van der Waals surface area contributed by atoms with Crippen LogP contribution in [0.4, 0.5) is 5.69 Å². The maximum atomic E-state index is 12.5. The summed E-state index contributed by atoms with van der Waals surface area (Å²) < 4.78 is 0. The number of rotatable bonds is 11. The standard InChI is InChI=1S/C21H29N7O7/c1-27-9-13(28(10-29)16-17(27)25-21(22)26-19(16)33)8-23-12-4-2-11(3-5-12)18(32)24-14(20(34)35)6-7-15(30)31/h2-5,10,13-14,16,18,21,23-24,32H,6-9,22H2,1H3,(H,26,33)(H,30,31)(H,34,35). The Morgan fingerprint density at radius 1 is 1.31 bits per heavy atom. The molecule has 0 saturated carbocycles. The number of hydrogen-bond acceptors (Lipinski definition) is 10. The second-order valence-electron chi connectivity index (χ2n) is 8.33. The summed E-state index contributed by atoms with van der Waals surface area (Å²) in [6.07, 6.45) is -2.08. The van der Waals surface area contributed by atoms with Crippen molar-refractivity contribution in [1.82, 2.24) is 20.4 Å². The van der Waals surface area contributed by atoms with Crippen LogP contribution in [-0.2, 0) is 19.2 Å². The minimum Gasteiger partial charge on any atom is -0.481 e. The van der Waals surface area contributed by atoms with Gasteiger partial charge in [0.25, 0.3) is 5.91 Å². The molecule has 14 nitrogen and oxygen atoms in total. The number of piperazine rings is 1. The number of aliphatic imine (C=N–C) groups is 1. The lowest BCUT2D eigenvalue weighted by atomic mass is 10.0. The molecule has 2 amide bonds. The minimum atomic E-state index is -1.31. The summed E-state index contributed by atoms with van der Waals surface area (Å²) in [6.45, 7) is 0.747. The first-order valence-electron chi connectivity index (χ1n) is 10.9. The van der Waals surface area contributed by atoms with Crippen LogP contribution >= 0.6 is 0 Å². The predicted octanol–water partition coefficient (Wildman–Crippen LogP) is -2.09. The molecule has 1 aromatic rings. The number of likely N-dealkylation sites (N-methyl/N-ethyl adjacent to an activating group) is 1. The summed E-state index contributed by atoms with van der Waals surface area (Å²) in [4.78, 5) is 53.7. The highest BCUT2D eigenvalue weighted by molar-refractivity contribution is 6.10. The molecule has 5 unspecified atom stereocenters. The molecule has 2 aliphatic heterocycles. The van der Waals surface area contributed by atoms with Gasteiger partial charge in [0.05, 0.1) is 6.04 Å². The van der Waals surface area contributed by atoms with Gasteiger partial charge in [-0.05, 0) is 24.1 Å². The summed E-state index contributed by atoms with van der Waals surface area (Å²) in [6, 6.07) is 4.07. The van der Waals surface area contributed by atoms with Gasteiger partial charge >= 0.3 is 11.9 Å². The van der Waals surface area contributed by atoms with Crippen LogP contribution in [0.5, 0.6) is 0 Å². The van der Waals surface area contributed by atoms with E-state index in [9.17, 15) is 29.4 Å². The van der Waals surface area contributed by atoms with E-state index in [0.717, 1.165) is 0 Å². The highest BCUT2D eigenvalue weighted by atomic mass is 16.4. The van der Waals surface area contributed by atoms with E-state index in [1.165, 1.54) is 4.90 Å². The molecule has 2 aliphatic rings. The van der Waals surface area contributed by atoms with Gasteiger partial charge in [-0.3, -0.25) is 30.2 Å². The van der Waals surface area contributed by atoms with E-state index in [1.54, 1.807) is 36.2 Å². The molecule has 1 saturated heterocycles. The molecule has 0 radical (unpaired) electrons. The number of nitrogens with two attached hydrogens (primary N) is 1. The molecule has 0 spiro atoms. The molecule has 0 bridgehead atoms. The first-order valence-corrected chi connectivity index (χ1v) is 10.9. The Hall–Kier alpha value is -3.75. The van der Waals surface area contributed by atoms with E-state index >= 15 is 0 Å². The average Bonchev–Trinajstić information content (AvgIpc) is 2.80. The molecular formula is C21H29N7O7. The number of benzene rings is 1. The molecule has 1 aromatic carbocycles. The van der Waals surface area contributed by atoms with Gasteiger partial charge in [0, 0.05) is 32.2 Å². The molecule has 8 N–H and O–H groups in total. The number of hydrogen-bond donors (Lipinski definition) is 7. The fourth-order valence-electron chi connectivity index (χ4n) is 4.05. The zero-order chi connectivity index (χ0) is 25.7. The third kappa shape index (κ3) is 6.23. The predicted molar refractivity (Wildman–Crippen MR) is 123 cm³/mol. The number of nitrogens with one attached hydrogen (secondary N) is 3. The zero-order valence-electron chi connectivity index (χ0n) is 19.0. The lowest BCUT2D eigenvalue weighted by Crippen LogP contribution is -2.69. The summed E-state index contributed by atoms with van der Waals surface area (Å²) in [5, 5.41) is 36.5. The van der Waals surface area contributed by atoms with Crippen LogP contribution in [0.15, 0.2) is 29.3 Å². The Labute approximate surface area is 200 Å². The lowest BCUT2D eigenvalue weighted by molar-refractivity contribution is -0.141. The number of fused-ring (bicyclic) bond motifs is 1. The SMILES string of the molecule is CN1CC(CNc2ccc(C(O)NC(CCC(=O)O)C(=O)O)cc2)N(C=O)C2C(=O)NC(N)N=C21. The van der Waals surface area contributed by atoms with Crippen molar-refractivity contribution in [2.75, 3.05) is 25.5 Å². The van der Waals surface area contributed by atoms with E-state index < -0.39 is 42.4 Å². The number of aliphatic hydroxyl groups excluding tert-OH is 1. The van der Waals surface area contributed by atoms with Crippen molar-refractivity contribution in [2.45, 2.75) is 43.5 Å². The van der Waals surface area contributed by atoms with Crippen LogP contribution < -0.4 is 21.7 Å². The van der Waals surface area contributed by atoms with Gasteiger partial charge < -0.3 is 35.8 Å². The number of nitrogens with zero attached hydrogens (tertiary/aromatic N) is 3. The molecule has 190 valence electrons. The fraction of sp³-hybridized carbons (Fsp3) is 0.476. The number of carboxylic acids is 2. The van der Waals surface area contributed by atoms with E-state index in [0.29, 0.717) is 36.6 Å². The van der Waals surface area contributed by atoms with Crippen LogP contribution in [0, 0.1) is 0 Å². The van der Waals surface area contributed by atoms with E-state index in [1.807, 2.05) is 0 Å². The van der Waals surface area contributed by atoms with Gasteiger partial charge in [0.1, 0.15) is 18.1 Å². The number of anilines is 1. The minimum absolute atomic E-state index is 0.179. The summed E-state index contributed by atoms with van der Waals surface area (Å²) in [5.41, 5.74) is 6.77. The lowest BCUT2D eigenvalue weighted by Gasteiger charge is -2.46. The van der Waals surface area contributed by atoms with Gasteiger partial charge in [0.15, 0.2) is 12.3 Å². The summed E-state index contributed by atoms with van der Waals surface area (Å²) in [5.74, 6) is -2.36. The molecule has 3 rings (SSSR count). The van der Waals surface area contributed by atoms with Crippen molar-refractivity contribution in [2.24, 2.45) is 10.7 Å². The number of carbonyl (C=O) groups is 4. The fourth-order valence-corrected chi connectivity index (χ4v) is 4.05. The first-order chi connectivity index (χ1) is 16.6. The Morgan fingerprint density at radius 3 is 2.60 bits per heavy atom.